The summed E-state index contributed by atoms with van der Waals surface area (Å²) in [6, 6.07) is 7.93. The molecule has 1 aromatic rings. The number of piperidine rings is 1. The van der Waals surface area contributed by atoms with Crippen LogP contribution in [0.5, 0.6) is 5.75 Å². The Morgan fingerprint density at radius 3 is 2.37 bits per heavy atom. The maximum absolute atomic E-state index is 12.7. The van der Waals surface area contributed by atoms with E-state index in [9.17, 15) is 8.78 Å². The van der Waals surface area contributed by atoms with Gasteiger partial charge in [-0.3, -0.25) is 0 Å². The van der Waals surface area contributed by atoms with Gasteiger partial charge >= 0.3 is 0 Å². The van der Waals surface area contributed by atoms with Crippen molar-refractivity contribution in [1.29, 1.82) is 0 Å². The Morgan fingerprint density at radius 1 is 1.16 bits per heavy atom. The van der Waals surface area contributed by atoms with Gasteiger partial charge in [-0.2, -0.15) is 0 Å². The lowest BCUT2D eigenvalue weighted by Crippen LogP contribution is -2.26. The molecule has 2 aliphatic rings. The van der Waals surface area contributed by atoms with E-state index < -0.39 is 11.8 Å². The van der Waals surface area contributed by atoms with Crippen molar-refractivity contribution >= 4 is 0 Å². The van der Waals surface area contributed by atoms with Gasteiger partial charge < -0.3 is 10.1 Å². The molecule has 0 radical (unpaired) electrons. The summed E-state index contributed by atoms with van der Waals surface area (Å²) >= 11 is 0. The molecule has 19 heavy (non-hydrogen) atoms. The topological polar surface area (TPSA) is 21.3 Å². The predicted molar refractivity (Wildman–Crippen MR) is 69.8 cm³/mol. The Labute approximate surface area is 112 Å². The van der Waals surface area contributed by atoms with E-state index in [0.29, 0.717) is 11.7 Å². The molecule has 1 unspecified atom stereocenters. The number of hydrogen-bond acceptors (Lipinski definition) is 2. The molecule has 1 saturated heterocycles. The van der Waals surface area contributed by atoms with Gasteiger partial charge in [0.1, 0.15) is 5.75 Å². The van der Waals surface area contributed by atoms with E-state index in [2.05, 4.69) is 17.4 Å². The van der Waals surface area contributed by atoms with Gasteiger partial charge in [-0.05, 0) is 49.5 Å². The van der Waals surface area contributed by atoms with E-state index in [0.717, 1.165) is 25.9 Å². The lowest BCUT2D eigenvalue weighted by molar-refractivity contribution is 0.0856. The molecule has 1 aliphatic heterocycles. The average molecular weight is 267 g/mol. The van der Waals surface area contributed by atoms with Crippen LogP contribution in [-0.4, -0.2) is 25.6 Å². The lowest BCUT2D eigenvalue weighted by Gasteiger charge is -2.23. The zero-order valence-electron chi connectivity index (χ0n) is 10.9. The molecule has 4 heteroatoms. The van der Waals surface area contributed by atoms with Crippen molar-refractivity contribution in [1.82, 2.24) is 5.32 Å². The molecular formula is C15H19F2NO. The standard InChI is InChI=1S/C15H19F2NO/c16-15(17)9-13(15)10-19-14-3-1-11(2-4-14)12-5-7-18-8-6-12/h1-4,12-13,18H,5-10H2. The van der Waals surface area contributed by atoms with Gasteiger partial charge in [0.15, 0.2) is 0 Å². The highest BCUT2D eigenvalue weighted by molar-refractivity contribution is 5.29. The second-order valence-corrected chi connectivity index (χ2v) is 5.57. The largest absolute Gasteiger partial charge is 0.493 e. The second-order valence-electron chi connectivity index (χ2n) is 5.57. The van der Waals surface area contributed by atoms with Crippen molar-refractivity contribution in [3.63, 3.8) is 0 Å². The van der Waals surface area contributed by atoms with E-state index in [1.807, 2.05) is 12.1 Å². The number of nitrogens with one attached hydrogen (secondary N) is 1. The fraction of sp³-hybridized carbons (Fsp3) is 0.600. The van der Waals surface area contributed by atoms with Crippen LogP contribution >= 0.6 is 0 Å². The Morgan fingerprint density at radius 2 is 1.79 bits per heavy atom. The number of alkyl halides is 2. The van der Waals surface area contributed by atoms with Crippen molar-refractivity contribution in [2.24, 2.45) is 5.92 Å². The van der Waals surface area contributed by atoms with E-state index in [1.54, 1.807) is 0 Å². The summed E-state index contributed by atoms with van der Waals surface area (Å²) in [6.07, 6.45) is 2.29. The molecular weight excluding hydrogens is 248 g/mol. The Balaban J connectivity index is 1.53. The van der Waals surface area contributed by atoms with Crippen LogP contribution in [0.15, 0.2) is 24.3 Å². The molecule has 0 amide bonds. The SMILES string of the molecule is FC1(F)CC1COc1ccc(C2CCNCC2)cc1. The van der Waals surface area contributed by atoms with E-state index in [1.165, 1.54) is 5.56 Å². The maximum Gasteiger partial charge on any atom is 0.255 e. The van der Waals surface area contributed by atoms with Crippen LogP contribution in [0.25, 0.3) is 0 Å². The van der Waals surface area contributed by atoms with Crippen molar-refractivity contribution < 1.29 is 13.5 Å². The van der Waals surface area contributed by atoms with E-state index in [4.69, 9.17) is 4.74 Å². The highest BCUT2D eigenvalue weighted by Crippen LogP contribution is 2.48. The van der Waals surface area contributed by atoms with Gasteiger partial charge in [0, 0.05) is 6.42 Å². The Bertz CT molecular complexity index is 426. The number of benzene rings is 1. The minimum Gasteiger partial charge on any atom is -0.493 e. The zero-order valence-corrected chi connectivity index (χ0v) is 10.9. The quantitative estimate of drug-likeness (QED) is 0.904. The fourth-order valence-electron chi connectivity index (χ4n) is 2.64. The molecule has 1 heterocycles. The summed E-state index contributed by atoms with van der Waals surface area (Å²) in [7, 11) is 0. The van der Waals surface area contributed by atoms with Crippen LogP contribution < -0.4 is 10.1 Å². The van der Waals surface area contributed by atoms with Crippen LogP contribution in [-0.2, 0) is 0 Å². The van der Waals surface area contributed by atoms with Crippen LogP contribution in [0.4, 0.5) is 8.78 Å². The first-order valence-corrected chi connectivity index (χ1v) is 6.96. The van der Waals surface area contributed by atoms with Crippen LogP contribution in [0.3, 0.4) is 0 Å². The molecule has 1 atom stereocenters. The monoisotopic (exact) mass is 267 g/mol. The first kappa shape index (κ1) is 12.9. The normalized spacial score (nSPS) is 26.1. The number of hydrogen-bond donors (Lipinski definition) is 1. The van der Waals surface area contributed by atoms with Gasteiger partial charge in [-0.25, -0.2) is 8.78 Å². The molecule has 1 aromatic carbocycles. The van der Waals surface area contributed by atoms with Crippen LogP contribution in [0.1, 0.15) is 30.7 Å². The lowest BCUT2D eigenvalue weighted by atomic mass is 9.90. The highest BCUT2D eigenvalue weighted by atomic mass is 19.3. The van der Waals surface area contributed by atoms with Crippen LogP contribution in [0.2, 0.25) is 0 Å². The average Bonchev–Trinajstić information content (AvgIpc) is 3.06. The molecule has 2 fully saturated rings. The van der Waals surface area contributed by atoms with Gasteiger partial charge in [0.25, 0.3) is 5.92 Å². The zero-order chi connectivity index (χ0) is 13.3. The van der Waals surface area contributed by atoms with Crippen molar-refractivity contribution in [3.8, 4) is 5.75 Å². The Hall–Kier alpha value is -1.16. The summed E-state index contributed by atoms with van der Waals surface area (Å²) in [4.78, 5) is 0. The van der Waals surface area contributed by atoms with E-state index in [-0.39, 0.29) is 13.0 Å². The minimum absolute atomic E-state index is 0.0276. The number of rotatable bonds is 4. The third kappa shape index (κ3) is 3.06. The third-order valence-electron chi connectivity index (χ3n) is 4.10. The fourth-order valence-corrected chi connectivity index (χ4v) is 2.64. The minimum atomic E-state index is -2.49. The second kappa shape index (κ2) is 5.08. The molecule has 0 bridgehead atoms. The molecule has 2 nitrogen and oxygen atoms in total. The summed E-state index contributed by atoms with van der Waals surface area (Å²) in [5.74, 6) is -1.77. The van der Waals surface area contributed by atoms with Gasteiger partial charge in [-0.1, -0.05) is 12.1 Å². The molecule has 0 aromatic heterocycles. The van der Waals surface area contributed by atoms with E-state index >= 15 is 0 Å². The maximum atomic E-state index is 12.7. The Kier molecular flexibility index (Phi) is 3.44. The van der Waals surface area contributed by atoms with Crippen molar-refractivity contribution in [2.45, 2.75) is 31.1 Å². The number of ether oxygens (including phenoxy) is 1. The van der Waals surface area contributed by atoms with Crippen molar-refractivity contribution in [2.75, 3.05) is 19.7 Å². The van der Waals surface area contributed by atoms with Gasteiger partial charge in [-0.15, -0.1) is 0 Å². The van der Waals surface area contributed by atoms with Crippen LogP contribution in [0, 0.1) is 5.92 Å². The molecule has 1 saturated carbocycles. The molecule has 104 valence electrons. The molecule has 1 N–H and O–H groups in total. The predicted octanol–water partition coefficient (Wildman–Crippen LogP) is 3.19. The van der Waals surface area contributed by atoms with Gasteiger partial charge in [0.05, 0.1) is 12.5 Å². The summed E-state index contributed by atoms with van der Waals surface area (Å²) < 4.78 is 30.9. The van der Waals surface area contributed by atoms with Crippen molar-refractivity contribution in [3.05, 3.63) is 29.8 Å². The first-order chi connectivity index (χ1) is 9.15. The molecule has 1 aliphatic carbocycles. The summed E-state index contributed by atoms with van der Waals surface area (Å²) in [6.45, 7) is 2.26. The summed E-state index contributed by atoms with van der Waals surface area (Å²) in [5.41, 5.74) is 1.32. The smallest absolute Gasteiger partial charge is 0.255 e. The molecule has 0 spiro atoms. The first-order valence-electron chi connectivity index (χ1n) is 6.96. The van der Waals surface area contributed by atoms with Gasteiger partial charge in [0.2, 0.25) is 0 Å². The molecule has 3 rings (SSSR count). The number of halogens is 2. The third-order valence-corrected chi connectivity index (χ3v) is 4.10. The summed E-state index contributed by atoms with van der Waals surface area (Å²) in [5, 5.41) is 3.35. The highest BCUT2D eigenvalue weighted by Gasteiger charge is 2.57.